The van der Waals surface area contributed by atoms with Crippen LogP contribution in [0.3, 0.4) is 0 Å². The van der Waals surface area contributed by atoms with Crippen molar-refractivity contribution in [2.24, 2.45) is 0 Å². The van der Waals surface area contributed by atoms with Gasteiger partial charge < -0.3 is 20.7 Å². The number of nitrogens with two attached hydrogens (primary N) is 1. The number of nitriles is 2. The first-order valence-electron chi connectivity index (χ1n) is 7.28. The van der Waals surface area contributed by atoms with Gasteiger partial charge in [-0.05, 0) is 31.2 Å². The van der Waals surface area contributed by atoms with E-state index in [0.29, 0.717) is 18.2 Å². The van der Waals surface area contributed by atoms with Gasteiger partial charge in [-0.25, -0.2) is 9.97 Å². The highest BCUT2D eigenvalue weighted by molar-refractivity contribution is 5.78. The van der Waals surface area contributed by atoms with Gasteiger partial charge in [0.15, 0.2) is 11.6 Å². The van der Waals surface area contributed by atoms with Crippen LogP contribution in [-0.2, 0) is 0 Å². The summed E-state index contributed by atoms with van der Waals surface area (Å²) < 4.78 is 5.39. The number of ether oxygens (including phenoxy) is 1. The molecular weight excluding hydrogens is 306 g/mol. The molecule has 0 aliphatic heterocycles. The third-order valence-corrected chi connectivity index (χ3v) is 3.11. The quantitative estimate of drug-likeness (QED) is 0.742. The van der Waals surface area contributed by atoms with Crippen molar-refractivity contribution in [1.82, 2.24) is 9.97 Å². The van der Waals surface area contributed by atoms with Gasteiger partial charge in [-0.15, -0.1) is 0 Å². The summed E-state index contributed by atoms with van der Waals surface area (Å²) in [7, 11) is 0. The minimum Gasteiger partial charge on any atom is -0.494 e. The molecular formula is C16H17N7O. The SMILES string of the molecule is CCOc1ccc(Nc2ncnc(N(CC#N)CC#N)c2N)cc1. The molecule has 2 aromatic rings. The van der Waals surface area contributed by atoms with Gasteiger partial charge in [-0.1, -0.05) is 0 Å². The van der Waals surface area contributed by atoms with Gasteiger partial charge in [0, 0.05) is 5.69 Å². The van der Waals surface area contributed by atoms with Crippen LogP contribution in [0.5, 0.6) is 5.75 Å². The Labute approximate surface area is 140 Å². The van der Waals surface area contributed by atoms with Crippen LogP contribution in [0.4, 0.5) is 23.0 Å². The Kier molecular flexibility index (Phi) is 5.76. The van der Waals surface area contributed by atoms with E-state index in [1.807, 2.05) is 43.3 Å². The molecule has 0 radical (unpaired) electrons. The molecule has 1 aromatic heterocycles. The average Bonchev–Trinajstić information content (AvgIpc) is 2.59. The predicted molar refractivity (Wildman–Crippen MR) is 90.8 cm³/mol. The number of benzene rings is 1. The number of nitrogens with one attached hydrogen (secondary N) is 1. The zero-order valence-electron chi connectivity index (χ0n) is 13.2. The molecule has 0 saturated carbocycles. The van der Waals surface area contributed by atoms with Crippen LogP contribution in [0.25, 0.3) is 0 Å². The molecule has 3 N–H and O–H groups in total. The van der Waals surface area contributed by atoms with Crippen LogP contribution in [-0.4, -0.2) is 29.7 Å². The van der Waals surface area contributed by atoms with Crippen LogP contribution < -0.4 is 20.7 Å². The monoisotopic (exact) mass is 323 g/mol. The molecule has 2 rings (SSSR count). The summed E-state index contributed by atoms with van der Waals surface area (Å²) in [6, 6.07) is 11.3. The Bertz CT molecular complexity index is 745. The van der Waals surface area contributed by atoms with Crippen LogP contribution in [0.2, 0.25) is 0 Å². The average molecular weight is 323 g/mol. The first kappa shape index (κ1) is 16.8. The van der Waals surface area contributed by atoms with E-state index in [1.165, 1.54) is 11.2 Å². The topological polar surface area (TPSA) is 124 Å². The number of nitrogens with zero attached hydrogens (tertiary/aromatic N) is 5. The molecule has 1 aromatic carbocycles. The van der Waals surface area contributed by atoms with Crippen LogP contribution in [0.15, 0.2) is 30.6 Å². The maximum atomic E-state index is 8.88. The van der Waals surface area contributed by atoms with E-state index in [1.54, 1.807) is 0 Å². The molecule has 1 heterocycles. The van der Waals surface area contributed by atoms with Gasteiger partial charge in [-0.2, -0.15) is 10.5 Å². The maximum Gasteiger partial charge on any atom is 0.159 e. The van der Waals surface area contributed by atoms with Crippen molar-refractivity contribution in [2.45, 2.75) is 6.92 Å². The number of anilines is 4. The van der Waals surface area contributed by atoms with E-state index in [0.717, 1.165) is 11.4 Å². The van der Waals surface area contributed by atoms with E-state index in [4.69, 9.17) is 21.0 Å². The molecule has 0 aliphatic carbocycles. The normalized spacial score (nSPS) is 9.62. The third kappa shape index (κ3) is 4.02. The molecule has 0 bridgehead atoms. The Morgan fingerprint density at radius 1 is 1.17 bits per heavy atom. The number of aromatic nitrogens is 2. The van der Waals surface area contributed by atoms with Gasteiger partial charge in [0.2, 0.25) is 0 Å². The summed E-state index contributed by atoms with van der Waals surface area (Å²) in [6.07, 6.45) is 1.34. The van der Waals surface area contributed by atoms with Gasteiger partial charge in [-0.3, -0.25) is 0 Å². The van der Waals surface area contributed by atoms with E-state index >= 15 is 0 Å². The first-order chi connectivity index (χ1) is 11.7. The zero-order valence-corrected chi connectivity index (χ0v) is 13.2. The molecule has 24 heavy (non-hydrogen) atoms. The smallest absolute Gasteiger partial charge is 0.159 e. The van der Waals surface area contributed by atoms with Crippen LogP contribution >= 0.6 is 0 Å². The van der Waals surface area contributed by atoms with Crippen LogP contribution in [0.1, 0.15) is 6.92 Å². The maximum absolute atomic E-state index is 8.88. The molecule has 122 valence electrons. The number of nitrogen functional groups attached to an aromatic ring is 1. The molecule has 0 aliphatic rings. The van der Waals surface area contributed by atoms with Gasteiger partial charge in [0.05, 0.1) is 18.7 Å². The third-order valence-electron chi connectivity index (χ3n) is 3.11. The summed E-state index contributed by atoms with van der Waals surface area (Å²) in [4.78, 5) is 9.70. The van der Waals surface area contributed by atoms with Crippen molar-refractivity contribution in [2.75, 3.05) is 35.6 Å². The lowest BCUT2D eigenvalue weighted by Gasteiger charge is -2.20. The van der Waals surface area contributed by atoms with Crippen molar-refractivity contribution in [1.29, 1.82) is 10.5 Å². The standard InChI is InChI=1S/C16H17N7O/c1-2-24-13-5-3-12(4-6-13)22-15-14(19)16(21-11-20-15)23(9-7-17)10-8-18/h3-6,11H,2,9-10,19H2,1H3,(H,20,21,22). The van der Waals surface area contributed by atoms with Crippen molar-refractivity contribution in [3.63, 3.8) is 0 Å². The fourth-order valence-corrected chi connectivity index (χ4v) is 2.05. The zero-order chi connectivity index (χ0) is 17.4. The second-order valence-corrected chi connectivity index (χ2v) is 4.71. The highest BCUT2D eigenvalue weighted by Gasteiger charge is 2.15. The number of rotatable bonds is 7. The lowest BCUT2D eigenvalue weighted by atomic mass is 10.3. The highest BCUT2D eigenvalue weighted by atomic mass is 16.5. The Morgan fingerprint density at radius 2 is 1.83 bits per heavy atom. The van der Waals surface area contributed by atoms with Gasteiger partial charge in [0.1, 0.15) is 30.9 Å². The van der Waals surface area contributed by atoms with Crippen molar-refractivity contribution >= 4 is 23.0 Å². The summed E-state index contributed by atoms with van der Waals surface area (Å²) in [5.41, 5.74) is 7.15. The number of hydrogen-bond donors (Lipinski definition) is 2. The lowest BCUT2D eigenvalue weighted by molar-refractivity contribution is 0.340. The second kappa shape index (κ2) is 8.20. The van der Waals surface area contributed by atoms with E-state index < -0.39 is 0 Å². The fourth-order valence-electron chi connectivity index (χ4n) is 2.05. The van der Waals surface area contributed by atoms with Crippen molar-refractivity contribution < 1.29 is 4.74 Å². The summed E-state index contributed by atoms with van der Waals surface area (Å²) in [5, 5.41) is 20.9. The fraction of sp³-hybridized carbons (Fsp3) is 0.250. The largest absolute Gasteiger partial charge is 0.494 e. The molecule has 0 spiro atoms. The van der Waals surface area contributed by atoms with Gasteiger partial charge >= 0.3 is 0 Å². The van der Waals surface area contributed by atoms with Crippen molar-refractivity contribution in [3.8, 4) is 17.9 Å². The molecule has 0 fully saturated rings. The predicted octanol–water partition coefficient (Wildman–Crippen LogP) is 2.05. The van der Waals surface area contributed by atoms with Crippen molar-refractivity contribution in [3.05, 3.63) is 30.6 Å². The minimum absolute atomic E-state index is 0.0112. The Hall–Kier alpha value is -3.52. The first-order valence-corrected chi connectivity index (χ1v) is 7.28. The molecule has 0 amide bonds. The second-order valence-electron chi connectivity index (χ2n) is 4.71. The van der Waals surface area contributed by atoms with E-state index in [9.17, 15) is 0 Å². The molecule has 0 saturated heterocycles. The van der Waals surface area contributed by atoms with Gasteiger partial charge in [0.25, 0.3) is 0 Å². The summed E-state index contributed by atoms with van der Waals surface area (Å²) in [6.45, 7) is 2.54. The highest BCUT2D eigenvalue weighted by Crippen LogP contribution is 2.28. The summed E-state index contributed by atoms with van der Waals surface area (Å²) in [5.74, 6) is 1.53. The molecule has 0 unspecified atom stereocenters. The molecule has 8 nitrogen and oxygen atoms in total. The molecule has 0 atom stereocenters. The molecule has 8 heteroatoms. The van der Waals surface area contributed by atoms with E-state index in [-0.39, 0.29) is 18.8 Å². The summed E-state index contributed by atoms with van der Waals surface area (Å²) >= 11 is 0. The Morgan fingerprint density at radius 3 is 2.42 bits per heavy atom. The minimum atomic E-state index is 0.0112. The number of hydrogen-bond acceptors (Lipinski definition) is 8. The van der Waals surface area contributed by atoms with Crippen LogP contribution in [0, 0.1) is 22.7 Å². The lowest BCUT2D eigenvalue weighted by Crippen LogP contribution is -2.26. The van der Waals surface area contributed by atoms with E-state index in [2.05, 4.69) is 15.3 Å². The Balaban J connectivity index is 2.24.